The first kappa shape index (κ1) is 23.2. The molecule has 1 aromatic heterocycles. The van der Waals surface area contributed by atoms with Gasteiger partial charge in [0.1, 0.15) is 0 Å². The van der Waals surface area contributed by atoms with Crippen molar-refractivity contribution in [2.75, 3.05) is 6.61 Å². The summed E-state index contributed by atoms with van der Waals surface area (Å²) in [4.78, 5) is 37.6. The van der Waals surface area contributed by atoms with Crippen LogP contribution in [0.15, 0.2) is 21.9 Å². The lowest BCUT2D eigenvalue weighted by atomic mass is 9.70. The molecule has 1 N–H and O–H groups in total. The van der Waals surface area contributed by atoms with E-state index in [1.807, 2.05) is 0 Å². The van der Waals surface area contributed by atoms with Gasteiger partial charge in [-0.3, -0.25) is 14.6 Å². The zero-order chi connectivity index (χ0) is 20.4. The number of hydrogen-bond donors (Lipinski definition) is 1. The van der Waals surface area contributed by atoms with Gasteiger partial charge in [0.2, 0.25) is 0 Å². The van der Waals surface area contributed by atoms with Gasteiger partial charge in [-0.25, -0.2) is 4.79 Å². The van der Waals surface area contributed by atoms with E-state index in [2.05, 4.69) is 39.6 Å². The first-order valence-electron chi connectivity index (χ1n) is 10.2. The van der Waals surface area contributed by atoms with Crippen molar-refractivity contribution in [2.45, 2.75) is 79.7 Å². The van der Waals surface area contributed by atoms with Crippen LogP contribution in [-0.2, 0) is 16.1 Å². The fourth-order valence-electron chi connectivity index (χ4n) is 3.65. The Morgan fingerprint density at radius 1 is 1.15 bits per heavy atom. The van der Waals surface area contributed by atoms with E-state index in [9.17, 15) is 14.4 Å². The van der Waals surface area contributed by atoms with Crippen molar-refractivity contribution in [3.8, 4) is 0 Å². The average Bonchev–Trinajstić information content (AvgIpc) is 2.59. The lowest BCUT2D eigenvalue weighted by Gasteiger charge is -2.35. The van der Waals surface area contributed by atoms with Crippen LogP contribution < -0.4 is 11.2 Å². The fourth-order valence-corrected chi connectivity index (χ4v) is 3.65. The monoisotopic (exact) mass is 380 g/mol. The summed E-state index contributed by atoms with van der Waals surface area (Å²) in [6.45, 7) is 11.6. The molecule has 0 fully saturated rings. The zero-order valence-electron chi connectivity index (χ0n) is 17.5. The van der Waals surface area contributed by atoms with Gasteiger partial charge in [-0.1, -0.05) is 41.0 Å². The summed E-state index contributed by atoms with van der Waals surface area (Å²) in [7, 11) is 0. The molecule has 0 aromatic carbocycles. The zero-order valence-corrected chi connectivity index (χ0v) is 17.5. The van der Waals surface area contributed by atoms with Gasteiger partial charge in [0.15, 0.2) is 0 Å². The lowest BCUT2D eigenvalue weighted by molar-refractivity contribution is -0.161. The molecule has 0 saturated carbocycles. The molecule has 27 heavy (non-hydrogen) atoms. The predicted molar refractivity (Wildman–Crippen MR) is 108 cm³/mol. The molecule has 0 bridgehead atoms. The number of carbonyl (C=O) groups is 1. The van der Waals surface area contributed by atoms with Crippen molar-refractivity contribution in [1.29, 1.82) is 0 Å². The number of aryl methyl sites for hydroxylation is 1. The molecule has 0 aliphatic carbocycles. The third-order valence-corrected chi connectivity index (χ3v) is 5.34. The number of nitrogens with zero attached hydrogens (tertiary/aromatic N) is 1. The maximum absolute atomic E-state index is 12.7. The van der Waals surface area contributed by atoms with Crippen molar-refractivity contribution < 1.29 is 9.53 Å². The highest BCUT2D eigenvalue weighted by Gasteiger charge is 2.41. The molecule has 0 spiro atoms. The molecule has 0 radical (unpaired) electrons. The maximum Gasteiger partial charge on any atom is 0.328 e. The largest absolute Gasteiger partial charge is 0.465 e. The number of unbranched alkanes of at least 4 members (excludes halogenated alkanes) is 3. The minimum absolute atomic E-state index is 0.0616. The summed E-state index contributed by atoms with van der Waals surface area (Å²) in [6, 6.07) is 1.35. The van der Waals surface area contributed by atoms with Crippen LogP contribution in [0.3, 0.4) is 0 Å². The lowest BCUT2D eigenvalue weighted by Crippen LogP contribution is -2.38. The Morgan fingerprint density at radius 2 is 1.81 bits per heavy atom. The molecule has 0 aliphatic rings. The van der Waals surface area contributed by atoms with Gasteiger partial charge >= 0.3 is 11.7 Å². The number of ether oxygens (including phenoxy) is 1. The maximum atomic E-state index is 12.7. The summed E-state index contributed by atoms with van der Waals surface area (Å²) in [5, 5.41) is 0. The first-order chi connectivity index (χ1) is 12.7. The van der Waals surface area contributed by atoms with E-state index >= 15 is 0 Å². The van der Waals surface area contributed by atoms with Crippen LogP contribution in [-0.4, -0.2) is 22.1 Å². The average molecular weight is 381 g/mol. The second-order valence-corrected chi connectivity index (χ2v) is 8.12. The fraction of sp³-hybridized carbons (Fsp3) is 0.762. The Morgan fingerprint density at radius 3 is 2.37 bits per heavy atom. The van der Waals surface area contributed by atoms with Gasteiger partial charge in [0.25, 0.3) is 5.56 Å². The van der Waals surface area contributed by atoms with E-state index < -0.39 is 0 Å². The number of esters is 1. The second kappa shape index (κ2) is 11.1. The Hall–Kier alpha value is -1.85. The summed E-state index contributed by atoms with van der Waals surface area (Å²) in [5.41, 5.74) is -1.13. The van der Waals surface area contributed by atoms with Gasteiger partial charge in [0.05, 0.1) is 12.0 Å². The minimum Gasteiger partial charge on any atom is -0.465 e. The number of aromatic amines is 1. The summed E-state index contributed by atoms with van der Waals surface area (Å²) in [6.07, 6.45) is 6.73. The number of rotatable bonds is 12. The van der Waals surface area contributed by atoms with Crippen LogP contribution in [0, 0.1) is 17.3 Å². The molecular weight excluding hydrogens is 344 g/mol. The number of hydrogen-bond acceptors (Lipinski definition) is 4. The Kier molecular flexibility index (Phi) is 9.53. The van der Waals surface area contributed by atoms with Crippen LogP contribution in [0.1, 0.15) is 73.1 Å². The SMILES string of the molecule is CCC(CC(C)C)(C(=O)OCCCCCCn1ccc(=O)[nH]c1=O)C(C)C. The topological polar surface area (TPSA) is 81.2 Å². The molecule has 154 valence electrons. The number of carbonyl (C=O) groups excluding carboxylic acids is 1. The number of nitrogens with one attached hydrogen (secondary N) is 1. The highest BCUT2D eigenvalue weighted by Crippen LogP contribution is 2.39. The second-order valence-electron chi connectivity index (χ2n) is 8.12. The van der Waals surface area contributed by atoms with Crippen LogP contribution in [0.2, 0.25) is 0 Å². The van der Waals surface area contributed by atoms with Crippen molar-refractivity contribution in [3.05, 3.63) is 33.1 Å². The van der Waals surface area contributed by atoms with Crippen LogP contribution in [0.4, 0.5) is 0 Å². The van der Waals surface area contributed by atoms with E-state index in [0.717, 1.165) is 38.5 Å². The normalized spacial score (nSPS) is 13.7. The summed E-state index contributed by atoms with van der Waals surface area (Å²) >= 11 is 0. The highest BCUT2D eigenvalue weighted by molar-refractivity contribution is 5.77. The van der Waals surface area contributed by atoms with E-state index in [4.69, 9.17) is 4.74 Å². The van der Waals surface area contributed by atoms with Gasteiger partial charge in [0, 0.05) is 18.8 Å². The summed E-state index contributed by atoms with van der Waals surface area (Å²) in [5.74, 6) is 0.651. The van der Waals surface area contributed by atoms with Gasteiger partial charge in [-0.05, 0) is 43.9 Å². The number of aromatic nitrogens is 2. The molecular formula is C21H36N2O4. The molecule has 0 saturated heterocycles. The minimum atomic E-state index is -0.389. The van der Waals surface area contributed by atoms with E-state index in [1.54, 1.807) is 0 Å². The molecule has 1 aromatic rings. The molecule has 0 amide bonds. The Bertz CT molecular complexity index is 690. The quantitative estimate of drug-likeness (QED) is 0.442. The van der Waals surface area contributed by atoms with E-state index in [1.165, 1.54) is 16.8 Å². The van der Waals surface area contributed by atoms with Gasteiger partial charge in [-0.15, -0.1) is 0 Å². The third kappa shape index (κ3) is 7.00. The number of H-pyrrole nitrogens is 1. The third-order valence-electron chi connectivity index (χ3n) is 5.34. The highest BCUT2D eigenvalue weighted by atomic mass is 16.5. The standard InChI is InChI=1S/C21H36N2O4/c1-6-21(17(4)5,15-16(2)3)19(25)27-14-10-8-7-9-12-23-13-11-18(24)22-20(23)26/h11,13,16-17H,6-10,12,14-15H2,1-5H3,(H,22,24,26). The summed E-state index contributed by atoms with van der Waals surface area (Å²) < 4.78 is 7.13. The van der Waals surface area contributed by atoms with Crippen molar-refractivity contribution in [3.63, 3.8) is 0 Å². The van der Waals surface area contributed by atoms with Gasteiger partial charge in [-0.2, -0.15) is 0 Å². The first-order valence-corrected chi connectivity index (χ1v) is 10.2. The molecule has 0 aliphatic heterocycles. The molecule has 6 nitrogen and oxygen atoms in total. The van der Waals surface area contributed by atoms with Crippen LogP contribution in [0.5, 0.6) is 0 Å². The molecule has 1 unspecified atom stereocenters. The molecule has 1 rings (SSSR count). The van der Waals surface area contributed by atoms with Crippen LogP contribution in [0.25, 0.3) is 0 Å². The smallest absolute Gasteiger partial charge is 0.328 e. The van der Waals surface area contributed by atoms with Crippen molar-refractivity contribution >= 4 is 5.97 Å². The van der Waals surface area contributed by atoms with Gasteiger partial charge < -0.3 is 9.30 Å². The predicted octanol–water partition coefficient (Wildman–Crippen LogP) is 3.74. The van der Waals surface area contributed by atoms with Crippen LogP contribution >= 0.6 is 0 Å². The van der Waals surface area contributed by atoms with Crippen molar-refractivity contribution in [1.82, 2.24) is 9.55 Å². The molecule has 6 heteroatoms. The Balaban J connectivity index is 2.34. The Labute approximate surface area is 162 Å². The van der Waals surface area contributed by atoms with E-state index in [0.29, 0.717) is 19.1 Å². The molecule has 1 heterocycles. The molecule has 1 atom stereocenters. The van der Waals surface area contributed by atoms with Crippen molar-refractivity contribution in [2.24, 2.45) is 17.3 Å². The van der Waals surface area contributed by atoms with E-state index in [-0.39, 0.29) is 28.6 Å².